The summed E-state index contributed by atoms with van der Waals surface area (Å²) in [6.45, 7) is 0. The number of rotatable bonds is 2. The fraction of sp³-hybridized carbons (Fsp3) is 0. The molecule has 0 amide bonds. The number of hydrogen-bond donors (Lipinski definition) is 0. The van der Waals surface area contributed by atoms with Gasteiger partial charge in [-0.1, -0.05) is 0 Å². The van der Waals surface area contributed by atoms with Crippen LogP contribution in [0.15, 0.2) is 84.9 Å². The van der Waals surface area contributed by atoms with Crippen molar-refractivity contribution in [1.82, 2.24) is 0 Å². The van der Waals surface area contributed by atoms with Gasteiger partial charge < -0.3 is 0 Å². The van der Waals surface area contributed by atoms with Gasteiger partial charge in [-0.2, -0.15) is 0 Å². The van der Waals surface area contributed by atoms with Gasteiger partial charge in [0.15, 0.2) is 0 Å². The molecule has 0 bridgehead atoms. The van der Waals surface area contributed by atoms with Crippen molar-refractivity contribution in [2.24, 2.45) is 0 Å². The van der Waals surface area contributed by atoms with Crippen LogP contribution < -0.4 is 8.92 Å². The fourth-order valence-corrected chi connectivity index (χ4v) is 5.04. The molecule has 0 atom stereocenters. The summed E-state index contributed by atoms with van der Waals surface area (Å²) < 4.78 is 2.91. The molecule has 0 N–H and O–H groups in total. The molecule has 0 nitrogen and oxygen atoms in total. The molecule has 1 heteroatoms. The Morgan fingerprint density at radius 1 is 0.429 bits per heavy atom. The standard InChI is InChI=1S/C20H14Se/c1-3-11-17-15(7-1)9-5-13-19(17)21-20-14-6-10-16-8-2-4-12-18(16)20/h1-14H. The van der Waals surface area contributed by atoms with E-state index in [0.29, 0.717) is 15.0 Å². The Balaban J connectivity index is 1.87. The van der Waals surface area contributed by atoms with Gasteiger partial charge in [0.1, 0.15) is 0 Å². The quantitative estimate of drug-likeness (QED) is 0.491. The molecular formula is C20H14Se. The van der Waals surface area contributed by atoms with E-state index in [-0.39, 0.29) is 0 Å². The van der Waals surface area contributed by atoms with Crippen molar-refractivity contribution in [1.29, 1.82) is 0 Å². The molecule has 100 valence electrons. The first kappa shape index (κ1) is 12.6. The molecule has 0 spiro atoms. The van der Waals surface area contributed by atoms with Crippen LogP contribution >= 0.6 is 0 Å². The second-order valence-corrected chi connectivity index (χ2v) is 7.33. The van der Waals surface area contributed by atoms with Crippen LogP contribution in [0.3, 0.4) is 0 Å². The summed E-state index contributed by atoms with van der Waals surface area (Å²) in [5.41, 5.74) is 0. The Bertz CT molecular complexity index is 837. The third-order valence-electron chi connectivity index (χ3n) is 3.72. The van der Waals surface area contributed by atoms with Gasteiger partial charge in [-0.15, -0.1) is 0 Å². The first-order valence-electron chi connectivity index (χ1n) is 7.05. The van der Waals surface area contributed by atoms with Crippen molar-refractivity contribution >= 4 is 45.4 Å². The monoisotopic (exact) mass is 334 g/mol. The Morgan fingerprint density at radius 3 is 1.38 bits per heavy atom. The van der Waals surface area contributed by atoms with E-state index in [1.54, 1.807) is 0 Å². The molecular weight excluding hydrogens is 319 g/mol. The van der Waals surface area contributed by atoms with Crippen LogP contribution in [0, 0.1) is 0 Å². The van der Waals surface area contributed by atoms with Crippen LogP contribution in [0.5, 0.6) is 0 Å². The Hall–Kier alpha value is -2.08. The zero-order chi connectivity index (χ0) is 14.1. The average Bonchev–Trinajstić information content (AvgIpc) is 2.56. The van der Waals surface area contributed by atoms with E-state index in [2.05, 4.69) is 84.9 Å². The van der Waals surface area contributed by atoms with Crippen LogP contribution in [-0.2, 0) is 0 Å². The zero-order valence-corrected chi connectivity index (χ0v) is 13.2. The molecule has 0 aliphatic rings. The third kappa shape index (κ3) is 2.35. The average molecular weight is 333 g/mol. The molecule has 4 aromatic carbocycles. The van der Waals surface area contributed by atoms with Crippen molar-refractivity contribution in [2.75, 3.05) is 0 Å². The van der Waals surface area contributed by atoms with Crippen molar-refractivity contribution in [3.05, 3.63) is 84.9 Å². The van der Waals surface area contributed by atoms with E-state index in [1.807, 2.05) is 0 Å². The molecule has 21 heavy (non-hydrogen) atoms. The summed E-state index contributed by atoms with van der Waals surface area (Å²) in [5.74, 6) is 0. The van der Waals surface area contributed by atoms with Crippen LogP contribution in [-0.4, -0.2) is 15.0 Å². The van der Waals surface area contributed by atoms with Crippen molar-refractivity contribution < 1.29 is 0 Å². The third-order valence-corrected chi connectivity index (χ3v) is 6.14. The second kappa shape index (κ2) is 5.37. The summed E-state index contributed by atoms with van der Waals surface area (Å²) in [6, 6.07) is 30.6. The number of fused-ring (bicyclic) bond motifs is 2. The molecule has 0 aromatic heterocycles. The molecule has 0 aliphatic carbocycles. The SMILES string of the molecule is c1ccc2c([Se]c3cccc4ccccc34)cccc2c1. The number of benzene rings is 4. The van der Waals surface area contributed by atoms with Crippen LogP contribution in [0.1, 0.15) is 0 Å². The maximum atomic E-state index is 2.27. The molecule has 0 saturated heterocycles. The van der Waals surface area contributed by atoms with Crippen molar-refractivity contribution in [3.8, 4) is 0 Å². The molecule has 0 aliphatic heterocycles. The van der Waals surface area contributed by atoms with Gasteiger partial charge in [-0.25, -0.2) is 0 Å². The predicted octanol–water partition coefficient (Wildman–Crippen LogP) is 3.65. The summed E-state index contributed by atoms with van der Waals surface area (Å²) in [5, 5.41) is 5.43. The molecule has 0 radical (unpaired) electrons. The van der Waals surface area contributed by atoms with Crippen LogP contribution in [0.4, 0.5) is 0 Å². The predicted molar refractivity (Wildman–Crippen MR) is 92.9 cm³/mol. The Labute approximate surface area is 130 Å². The van der Waals surface area contributed by atoms with Gasteiger partial charge in [0.25, 0.3) is 0 Å². The minimum atomic E-state index is 0.321. The van der Waals surface area contributed by atoms with Crippen LogP contribution in [0.25, 0.3) is 21.5 Å². The molecule has 0 unspecified atom stereocenters. The van der Waals surface area contributed by atoms with Crippen molar-refractivity contribution in [2.45, 2.75) is 0 Å². The van der Waals surface area contributed by atoms with Gasteiger partial charge >= 0.3 is 130 Å². The Kier molecular flexibility index (Phi) is 3.23. The summed E-state index contributed by atoms with van der Waals surface area (Å²) in [4.78, 5) is 0. The fourth-order valence-electron chi connectivity index (χ4n) is 2.69. The topological polar surface area (TPSA) is 0 Å². The van der Waals surface area contributed by atoms with E-state index in [9.17, 15) is 0 Å². The molecule has 4 rings (SSSR count). The normalized spacial score (nSPS) is 11.0. The summed E-state index contributed by atoms with van der Waals surface area (Å²) in [7, 11) is 0. The molecule has 4 aromatic rings. The van der Waals surface area contributed by atoms with Gasteiger partial charge in [0.2, 0.25) is 0 Å². The van der Waals surface area contributed by atoms with E-state index in [0.717, 1.165) is 0 Å². The first-order valence-corrected chi connectivity index (χ1v) is 8.76. The summed E-state index contributed by atoms with van der Waals surface area (Å²) in [6.07, 6.45) is 0. The Morgan fingerprint density at radius 2 is 0.857 bits per heavy atom. The van der Waals surface area contributed by atoms with Gasteiger partial charge in [-0.05, 0) is 0 Å². The van der Waals surface area contributed by atoms with E-state index >= 15 is 0 Å². The molecule has 0 fully saturated rings. The van der Waals surface area contributed by atoms with E-state index in [1.165, 1.54) is 30.5 Å². The number of hydrogen-bond acceptors (Lipinski definition) is 0. The van der Waals surface area contributed by atoms with Gasteiger partial charge in [0, 0.05) is 0 Å². The van der Waals surface area contributed by atoms with Crippen molar-refractivity contribution in [3.63, 3.8) is 0 Å². The van der Waals surface area contributed by atoms with Crippen LogP contribution in [0.2, 0.25) is 0 Å². The maximum absolute atomic E-state index is 2.27. The molecule has 0 heterocycles. The molecule has 0 saturated carbocycles. The minimum absolute atomic E-state index is 0.321. The first-order chi connectivity index (χ1) is 10.4. The zero-order valence-electron chi connectivity index (χ0n) is 11.5. The second-order valence-electron chi connectivity index (χ2n) is 5.06. The van der Waals surface area contributed by atoms with E-state index in [4.69, 9.17) is 0 Å². The van der Waals surface area contributed by atoms with Gasteiger partial charge in [0.05, 0.1) is 0 Å². The summed E-state index contributed by atoms with van der Waals surface area (Å²) >= 11 is 0.321. The van der Waals surface area contributed by atoms with Gasteiger partial charge in [-0.3, -0.25) is 0 Å². The van der Waals surface area contributed by atoms with E-state index < -0.39 is 0 Å².